The molecule has 0 unspecified atom stereocenters. The standard InChI is InChI=1S/C19H25NO2/c1-3-4-5-6-7-8-9-13-17-15(2)19(21)16-12-10-11-14-18(16)20(17)22/h9-14,22H,3-8H2,1-2H3/b13-9+. The molecule has 0 amide bonds. The summed E-state index contributed by atoms with van der Waals surface area (Å²) in [7, 11) is 0. The fraction of sp³-hybridized carbons (Fsp3) is 0.421. The van der Waals surface area contributed by atoms with Crippen LogP contribution in [0.4, 0.5) is 0 Å². The predicted molar refractivity (Wildman–Crippen MR) is 92.5 cm³/mol. The molecule has 0 aliphatic carbocycles. The number of hydrogen-bond acceptors (Lipinski definition) is 2. The summed E-state index contributed by atoms with van der Waals surface area (Å²) in [6, 6.07) is 7.15. The highest BCUT2D eigenvalue weighted by Crippen LogP contribution is 2.16. The van der Waals surface area contributed by atoms with E-state index in [-0.39, 0.29) is 5.43 Å². The maximum Gasteiger partial charge on any atom is 0.193 e. The lowest BCUT2D eigenvalue weighted by Crippen LogP contribution is -2.15. The Kier molecular flexibility index (Phi) is 5.82. The number of para-hydroxylation sites is 1. The van der Waals surface area contributed by atoms with E-state index in [1.165, 1.54) is 25.7 Å². The van der Waals surface area contributed by atoms with Crippen LogP contribution < -0.4 is 5.43 Å². The van der Waals surface area contributed by atoms with Gasteiger partial charge in [-0.2, -0.15) is 4.73 Å². The van der Waals surface area contributed by atoms with E-state index in [9.17, 15) is 10.0 Å². The smallest absolute Gasteiger partial charge is 0.193 e. The second kappa shape index (κ2) is 7.83. The second-order valence-electron chi connectivity index (χ2n) is 5.77. The van der Waals surface area contributed by atoms with E-state index in [1.807, 2.05) is 18.2 Å². The van der Waals surface area contributed by atoms with Gasteiger partial charge in [-0.15, -0.1) is 0 Å². The summed E-state index contributed by atoms with van der Waals surface area (Å²) in [6.45, 7) is 3.98. The van der Waals surface area contributed by atoms with Crippen molar-refractivity contribution in [3.63, 3.8) is 0 Å². The first kappa shape index (κ1) is 16.3. The Labute approximate surface area is 131 Å². The zero-order valence-electron chi connectivity index (χ0n) is 13.5. The topological polar surface area (TPSA) is 42.2 Å². The lowest BCUT2D eigenvalue weighted by Gasteiger charge is -2.10. The number of benzene rings is 1. The van der Waals surface area contributed by atoms with Crippen molar-refractivity contribution in [1.29, 1.82) is 0 Å². The molecule has 0 fully saturated rings. The van der Waals surface area contributed by atoms with Crippen LogP contribution in [0.1, 0.15) is 56.7 Å². The van der Waals surface area contributed by atoms with Crippen LogP contribution >= 0.6 is 0 Å². The molecule has 1 aromatic carbocycles. The maximum absolute atomic E-state index is 12.4. The second-order valence-corrected chi connectivity index (χ2v) is 5.77. The van der Waals surface area contributed by atoms with Crippen molar-refractivity contribution in [3.8, 4) is 0 Å². The summed E-state index contributed by atoms with van der Waals surface area (Å²) in [5, 5.41) is 10.9. The van der Waals surface area contributed by atoms with E-state index >= 15 is 0 Å². The zero-order valence-corrected chi connectivity index (χ0v) is 13.5. The molecule has 22 heavy (non-hydrogen) atoms. The van der Waals surface area contributed by atoms with Crippen molar-refractivity contribution in [2.75, 3.05) is 0 Å². The fourth-order valence-corrected chi connectivity index (χ4v) is 2.71. The van der Waals surface area contributed by atoms with Crippen LogP contribution in [0.15, 0.2) is 35.1 Å². The van der Waals surface area contributed by atoms with Gasteiger partial charge in [-0.05, 0) is 38.0 Å². The highest BCUT2D eigenvalue weighted by molar-refractivity contribution is 5.81. The molecule has 1 aromatic heterocycles. The number of rotatable bonds is 7. The Hall–Kier alpha value is -2.03. The van der Waals surface area contributed by atoms with Crippen molar-refractivity contribution in [2.45, 2.75) is 52.4 Å². The summed E-state index contributed by atoms with van der Waals surface area (Å²) in [5.41, 5.74) is 1.71. The summed E-state index contributed by atoms with van der Waals surface area (Å²) in [4.78, 5) is 12.4. The van der Waals surface area contributed by atoms with E-state index in [2.05, 4.69) is 13.0 Å². The lowest BCUT2D eigenvalue weighted by atomic mass is 10.1. The number of nitrogens with zero attached hydrogens (tertiary/aromatic N) is 1. The molecular formula is C19H25NO2. The largest absolute Gasteiger partial charge is 0.428 e. The molecule has 2 rings (SSSR count). The Morgan fingerprint density at radius 1 is 1.14 bits per heavy atom. The quantitative estimate of drug-likeness (QED) is 0.582. The third-order valence-electron chi connectivity index (χ3n) is 4.08. The molecule has 0 bridgehead atoms. The summed E-state index contributed by atoms with van der Waals surface area (Å²) in [5.74, 6) is 0. The van der Waals surface area contributed by atoms with Crippen LogP contribution in [-0.4, -0.2) is 9.94 Å². The molecule has 3 nitrogen and oxygen atoms in total. The first-order chi connectivity index (χ1) is 10.7. The van der Waals surface area contributed by atoms with Crippen LogP contribution in [0, 0.1) is 6.92 Å². The molecule has 118 valence electrons. The van der Waals surface area contributed by atoms with Gasteiger partial charge in [0.25, 0.3) is 0 Å². The van der Waals surface area contributed by atoms with Gasteiger partial charge >= 0.3 is 0 Å². The monoisotopic (exact) mass is 299 g/mol. The van der Waals surface area contributed by atoms with E-state index in [0.29, 0.717) is 22.2 Å². The number of aromatic nitrogens is 1. The minimum Gasteiger partial charge on any atom is -0.428 e. The number of pyridine rings is 1. The van der Waals surface area contributed by atoms with Gasteiger partial charge in [0, 0.05) is 10.9 Å². The Morgan fingerprint density at radius 3 is 2.64 bits per heavy atom. The normalized spacial score (nSPS) is 11.5. The van der Waals surface area contributed by atoms with Gasteiger partial charge < -0.3 is 5.21 Å². The molecule has 0 radical (unpaired) electrons. The number of allylic oxidation sites excluding steroid dienone is 1. The van der Waals surface area contributed by atoms with Crippen molar-refractivity contribution in [1.82, 2.24) is 4.73 Å². The fourth-order valence-electron chi connectivity index (χ4n) is 2.71. The van der Waals surface area contributed by atoms with Crippen LogP contribution in [0.2, 0.25) is 0 Å². The molecular weight excluding hydrogens is 274 g/mol. The van der Waals surface area contributed by atoms with Gasteiger partial charge in [-0.25, -0.2) is 0 Å². The molecule has 0 spiro atoms. The van der Waals surface area contributed by atoms with Crippen LogP contribution in [-0.2, 0) is 0 Å². The van der Waals surface area contributed by atoms with Gasteiger partial charge in [0.15, 0.2) is 5.43 Å². The molecule has 1 N–H and O–H groups in total. The molecule has 0 saturated carbocycles. The van der Waals surface area contributed by atoms with Gasteiger partial charge in [0.1, 0.15) is 0 Å². The SMILES string of the molecule is CCCCCCC/C=C/c1c(C)c(=O)c2ccccc2n1O. The first-order valence-electron chi connectivity index (χ1n) is 8.17. The average Bonchev–Trinajstić information content (AvgIpc) is 2.54. The highest BCUT2D eigenvalue weighted by atomic mass is 16.5. The lowest BCUT2D eigenvalue weighted by molar-refractivity contribution is 0.195. The van der Waals surface area contributed by atoms with Crippen molar-refractivity contribution >= 4 is 17.0 Å². The summed E-state index contributed by atoms with van der Waals surface area (Å²) < 4.78 is 1.12. The molecule has 1 heterocycles. The summed E-state index contributed by atoms with van der Waals surface area (Å²) >= 11 is 0. The van der Waals surface area contributed by atoms with E-state index in [4.69, 9.17) is 0 Å². The molecule has 0 saturated heterocycles. The minimum atomic E-state index is -0.0107. The van der Waals surface area contributed by atoms with E-state index in [1.54, 1.807) is 19.1 Å². The number of unbranched alkanes of at least 4 members (excludes halogenated alkanes) is 5. The Morgan fingerprint density at radius 2 is 1.86 bits per heavy atom. The van der Waals surface area contributed by atoms with E-state index in [0.717, 1.165) is 17.6 Å². The molecule has 2 aromatic rings. The van der Waals surface area contributed by atoms with Crippen LogP contribution in [0.5, 0.6) is 0 Å². The average molecular weight is 299 g/mol. The summed E-state index contributed by atoms with van der Waals surface area (Å²) in [6.07, 6.45) is 11.1. The zero-order chi connectivity index (χ0) is 15.9. The third kappa shape index (κ3) is 3.59. The first-order valence-corrected chi connectivity index (χ1v) is 8.17. The highest BCUT2D eigenvalue weighted by Gasteiger charge is 2.10. The van der Waals surface area contributed by atoms with Gasteiger partial charge in [0.2, 0.25) is 0 Å². The Bertz CT molecular complexity index is 713. The number of fused-ring (bicyclic) bond motifs is 1. The molecule has 0 aliphatic heterocycles. The molecule has 0 atom stereocenters. The van der Waals surface area contributed by atoms with Crippen molar-refractivity contribution in [3.05, 3.63) is 51.8 Å². The maximum atomic E-state index is 12.4. The molecule has 3 heteroatoms. The van der Waals surface area contributed by atoms with Crippen LogP contribution in [0.3, 0.4) is 0 Å². The van der Waals surface area contributed by atoms with E-state index < -0.39 is 0 Å². The van der Waals surface area contributed by atoms with Gasteiger partial charge in [0.05, 0.1) is 11.2 Å². The van der Waals surface area contributed by atoms with Crippen molar-refractivity contribution in [2.24, 2.45) is 0 Å². The minimum absolute atomic E-state index is 0.0107. The Balaban J connectivity index is 2.16. The predicted octanol–water partition coefficient (Wildman–Crippen LogP) is 4.92. The van der Waals surface area contributed by atoms with Gasteiger partial charge in [-0.3, -0.25) is 4.79 Å². The van der Waals surface area contributed by atoms with Gasteiger partial charge in [-0.1, -0.05) is 50.8 Å². The third-order valence-corrected chi connectivity index (χ3v) is 4.08. The van der Waals surface area contributed by atoms with Crippen LogP contribution in [0.25, 0.3) is 17.0 Å². The molecule has 0 aliphatic rings. The van der Waals surface area contributed by atoms with Crippen molar-refractivity contribution < 1.29 is 5.21 Å². The number of hydrogen-bond donors (Lipinski definition) is 1.